The SMILES string of the molecule is CC1CC1c1nc(O)c(-c2ccccc2Br)c(=O)[nH]1. The van der Waals surface area contributed by atoms with E-state index in [-0.39, 0.29) is 22.9 Å². The molecule has 0 spiro atoms. The van der Waals surface area contributed by atoms with Crippen LogP contribution in [0.3, 0.4) is 0 Å². The monoisotopic (exact) mass is 320 g/mol. The van der Waals surface area contributed by atoms with Gasteiger partial charge in [0.15, 0.2) is 0 Å². The average molecular weight is 321 g/mol. The van der Waals surface area contributed by atoms with Crippen LogP contribution >= 0.6 is 15.9 Å². The summed E-state index contributed by atoms with van der Waals surface area (Å²) in [6.07, 6.45) is 1.01. The Hall–Kier alpha value is -1.62. The lowest BCUT2D eigenvalue weighted by molar-refractivity contribution is 0.449. The summed E-state index contributed by atoms with van der Waals surface area (Å²) in [6, 6.07) is 7.27. The molecule has 1 aromatic carbocycles. The Bertz CT molecular complexity index is 696. The lowest BCUT2D eigenvalue weighted by Crippen LogP contribution is -2.14. The Balaban J connectivity index is 2.13. The van der Waals surface area contributed by atoms with E-state index in [0.29, 0.717) is 17.3 Å². The fourth-order valence-electron chi connectivity index (χ4n) is 2.26. The number of aromatic hydroxyl groups is 1. The first-order chi connectivity index (χ1) is 9.08. The molecular weight excluding hydrogens is 308 g/mol. The molecule has 1 aromatic heterocycles. The third kappa shape index (κ3) is 2.18. The largest absolute Gasteiger partial charge is 0.493 e. The molecule has 0 aliphatic heterocycles. The van der Waals surface area contributed by atoms with Gasteiger partial charge in [-0.05, 0) is 18.4 Å². The van der Waals surface area contributed by atoms with E-state index in [1.807, 2.05) is 18.2 Å². The fraction of sp³-hybridized carbons (Fsp3) is 0.286. The number of nitrogens with zero attached hydrogens (tertiary/aromatic N) is 1. The van der Waals surface area contributed by atoms with Crippen LogP contribution in [0.1, 0.15) is 25.1 Å². The molecule has 19 heavy (non-hydrogen) atoms. The van der Waals surface area contributed by atoms with Crippen molar-refractivity contribution in [1.29, 1.82) is 0 Å². The topological polar surface area (TPSA) is 66.0 Å². The molecular formula is C14H13BrN2O2. The van der Waals surface area contributed by atoms with Crippen LogP contribution < -0.4 is 5.56 Å². The van der Waals surface area contributed by atoms with Crippen molar-refractivity contribution in [2.75, 3.05) is 0 Å². The highest BCUT2D eigenvalue weighted by atomic mass is 79.9. The van der Waals surface area contributed by atoms with Gasteiger partial charge < -0.3 is 10.1 Å². The van der Waals surface area contributed by atoms with E-state index in [1.54, 1.807) is 6.07 Å². The first-order valence-electron chi connectivity index (χ1n) is 6.16. The zero-order chi connectivity index (χ0) is 13.6. The Morgan fingerprint density at radius 2 is 2.11 bits per heavy atom. The van der Waals surface area contributed by atoms with Gasteiger partial charge in [0.25, 0.3) is 5.56 Å². The molecule has 1 heterocycles. The molecule has 1 saturated carbocycles. The van der Waals surface area contributed by atoms with Gasteiger partial charge in [-0.2, -0.15) is 4.98 Å². The standard InChI is InChI=1S/C14H13BrN2O2/c1-7-6-9(7)12-16-13(18)11(14(19)17-12)8-4-2-3-5-10(8)15/h2-5,7,9H,6H2,1H3,(H2,16,17,18,19). The highest BCUT2D eigenvalue weighted by molar-refractivity contribution is 9.10. The zero-order valence-corrected chi connectivity index (χ0v) is 11.9. The molecule has 1 aliphatic rings. The number of hydrogen-bond donors (Lipinski definition) is 2. The molecule has 2 N–H and O–H groups in total. The van der Waals surface area contributed by atoms with E-state index in [1.165, 1.54) is 0 Å². The fourth-order valence-corrected chi connectivity index (χ4v) is 2.75. The van der Waals surface area contributed by atoms with Crippen LogP contribution in [-0.2, 0) is 0 Å². The number of nitrogens with one attached hydrogen (secondary N) is 1. The maximum absolute atomic E-state index is 12.2. The lowest BCUT2D eigenvalue weighted by Gasteiger charge is -2.07. The number of aromatic nitrogens is 2. The molecule has 1 aliphatic carbocycles. The van der Waals surface area contributed by atoms with Crippen molar-refractivity contribution in [3.8, 4) is 17.0 Å². The predicted molar refractivity (Wildman–Crippen MR) is 76.2 cm³/mol. The van der Waals surface area contributed by atoms with Crippen LogP contribution in [0, 0.1) is 5.92 Å². The molecule has 0 radical (unpaired) electrons. The highest BCUT2D eigenvalue weighted by Gasteiger charge is 2.37. The second kappa shape index (κ2) is 4.49. The van der Waals surface area contributed by atoms with Crippen molar-refractivity contribution in [2.24, 2.45) is 5.92 Å². The number of H-pyrrole nitrogens is 1. The highest BCUT2D eigenvalue weighted by Crippen LogP contribution is 2.45. The van der Waals surface area contributed by atoms with Crippen molar-refractivity contribution in [1.82, 2.24) is 9.97 Å². The van der Waals surface area contributed by atoms with E-state index in [9.17, 15) is 9.90 Å². The maximum Gasteiger partial charge on any atom is 0.262 e. The smallest absolute Gasteiger partial charge is 0.262 e. The third-order valence-electron chi connectivity index (χ3n) is 3.52. The van der Waals surface area contributed by atoms with Gasteiger partial charge in [-0.15, -0.1) is 0 Å². The number of benzene rings is 1. The second-order valence-electron chi connectivity index (χ2n) is 4.95. The number of rotatable bonds is 2. The van der Waals surface area contributed by atoms with Crippen LogP contribution in [-0.4, -0.2) is 15.1 Å². The summed E-state index contributed by atoms with van der Waals surface area (Å²) in [5, 5.41) is 10.1. The molecule has 98 valence electrons. The Morgan fingerprint density at radius 3 is 2.68 bits per heavy atom. The summed E-state index contributed by atoms with van der Waals surface area (Å²) in [4.78, 5) is 19.1. The molecule has 3 rings (SSSR count). The summed E-state index contributed by atoms with van der Waals surface area (Å²) in [7, 11) is 0. The number of hydrogen-bond acceptors (Lipinski definition) is 3. The van der Waals surface area contributed by atoms with E-state index in [4.69, 9.17) is 0 Å². The Labute approximate surface area is 118 Å². The molecule has 5 heteroatoms. The summed E-state index contributed by atoms with van der Waals surface area (Å²) in [6.45, 7) is 2.10. The quantitative estimate of drug-likeness (QED) is 0.893. The predicted octanol–water partition coefficient (Wildman–Crippen LogP) is 3.03. The third-order valence-corrected chi connectivity index (χ3v) is 4.21. The van der Waals surface area contributed by atoms with E-state index >= 15 is 0 Å². The van der Waals surface area contributed by atoms with Crippen LogP contribution in [0.4, 0.5) is 0 Å². The summed E-state index contributed by atoms with van der Waals surface area (Å²) in [5.74, 6) is 1.18. The summed E-state index contributed by atoms with van der Waals surface area (Å²) in [5.41, 5.74) is 0.558. The Morgan fingerprint density at radius 1 is 1.42 bits per heavy atom. The number of aromatic amines is 1. The molecule has 4 nitrogen and oxygen atoms in total. The van der Waals surface area contributed by atoms with E-state index in [0.717, 1.165) is 10.9 Å². The molecule has 2 aromatic rings. The van der Waals surface area contributed by atoms with Gasteiger partial charge in [0.2, 0.25) is 5.88 Å². The zero-order valence-electron chi connectivity index (χ0n) is 10.4. The van der Waals surface area contributed by atoms with Crippen molar-refractivity contribution in [3.05, 3.63) is 44.9 Å². The summed E-state index contributed by atoms with van der Waals surface area (Å²) >= 11 is 3.38. The van der Waals surface area contributed by atoms with E-state index < -0.39 is 0 Å². The van der Waals surface area contributed by atoms with Gasteiger partial charge in [0.1, 0.15) is 11.4 Å². The van der Waals surface area contributed by atoms with Crippen molar-refractivity contribution < 1.29 is 5.11 Å². The molecule has 0 bridgehead atoms. The van der Waals surface area contributed by atoms with Gasteiger partial charge in [-0.3, -0.25) is 4.79 Å². The lowest BCUT2D eigenvalue weighted by atomic mass is 10.1. The van der Waals surface area contributed by atoms with Gasteiger partial charge in [0, 0.05) is 16.0 Å². The van der Waals surface area contributed by atoms with Crippen LogP contribution in [0.2, 0.25) is 0 Å². The first-order valence-corrected chi connectivity index (χ1v) is 6.95. The Kier molecular flexibility index (Phi) is 2.93. The van der Waals surface area contributed by atoms with E-state index in [2.05, 4.69) is 32.8 Å². The minimum Gasteiger partial charge on any atom is -0.493 e. The van der Waals surface area contributed by atoms with Crippen molar-refractivity contribution in [3.63, 3.8) is 0 Å². The summed E-state index contributed by atoms with van der Waals surface area (Å²) < 4.78 is 0.755. The molecule has 1 fully saturated rings. The maximum atomic E-state index is 12.2. The molecule has 2 atom stereocenters. The van der Waals surface area contributed by atoms with Crippen LogP contribution in [0.5, 0.6) is 5.88 Å². The van der Waals surface area contributed by atoms with Gasteiger partial charge >= 0.3 is 0 Å². The average Bonchev–Trinajstić information content (AvgIpc) is 3.08. The number of halogens is 1. The minimum absolute atomic E-state index is 0.204. The first kappa shape index (κ1) is 12.4. The van der Waals surface area contributed by atoms with Gasteiger partial charge in [-0.1, -0.05) is 41.1 Å². The normalized spacial score (nSPS) is 21.4. The molecule has 2 unspecified atom stereocenters. The van der Waals surface area contributed by atoms with Crippen LogP contribution in [0.15, 0.2) is 33.5 Å². The van der Waals surface area contributed by atoms with Gasteiger partial charge in [0.05, 0.1) is 0 Å². The van der Waals surface area contributed by atoms with Crippen LogP contribution in [0.25, 0.3) is 11.1 Å². The van der Waals surface area contributed by atoms with Crippen molar-refractivity contribution in [2.45, 2.75) is 19.3 Å². The van der Waals surface area contributed by atoms with Crippen molar-refractivity contribution >= 4 is 15.9 Å². The molecule has 0 saturated heterocycles. The van der Waals surface area contributed by atoms with Gasteiger partial charge in [-0.25, -0.2) is 0 Å². The molecule has 0 amide bonds. The second-order valence-corrected chi connectivity index (χ2v) is 5.80. The minimum atomic E-state index is -0.298.